The summed E-state index contributed by atoms with van der Waals surface area (Å²) in [7, 11) is 4.06. The molecular formula is C14H20O9. The maximum absolute atomic E-state index is 12.2. The van der Waals surface area contributed by atoms with Gasteiger partial charge in [-0.25, -0.2) is 4.79 Å². The van der Waals surface area contributed by atoms with Crippen molar-refractivity contribution in [3.63, 3.8) is 0 Å². The van der Waals surface area contributed by atoms with Crippen LogP contribution in [0.5, 0.6) is 0 Å². The number of hydrogen-bond donors (Lipinski definition) is 1. The Balaban J connectivity index is 2.12. The first-order chi connectivity index (χ1) is 10.9. The van der Waals surface area contributed by atoms with Gasteiger partial charge < -0.3 is 28.8 Å². The number of carbonyl (C=O) groups is 3. The second-order valence-corrected chi connectivity index (χ2v) is 5.30. The van der Waals surface area contributed by atoms with Crippen LogP contribution in [0, 0.1) is 0 Å². The number of methoxy groups -OCH3 is 3. The Hall–Kier alpha value is -1.39. The number of carbonyl (C=O) groups excluding carboxylic acids is 3. The lowest BCUT2D eigenvalue weighted by molar-refractivity contribution is -0.297. The van der Waals surface area contributed by atoms with Crippen LogP contribution in [0.3, 0.4) is 0 Å². The summed E-state index contributed by atoms with van der Waals surface area (Å²) in [6, 6.07) is 0. The van der Waals surface area contributed by atoms with Gasteiger partial charge in [0.15, 0.2) is 24.0 Å². The normalized spacial score (nSPS) is 35.6. The number of ketones is 2. The lowest BCUT2D eigenvalue weighted by Gasteiger charge is -2.41. The molecule has 0 radical (unpaired) electrons. The maximum Gasteiger partial charge on any atom is 0.339 e. The van der Waals surface area contributed by atoms with Gasteiger partial charge in [0.2, 0.25) is 6.10 Å². The van der Waals surface area contributed by atoms with Crippen LogP contribution in [-0.4, -0.2) is 80.8 Å². The van der Waals surface area contributed by atoms with Crippen LogP contribution in [0.25, 0.3) is 0 Å². The summed E-state index contributed by atoms with van der Waals surface area (Å²) in [5, 5.41) is 10.3. The van der Waals surface area contributed by atoms with Crippen LogP contribution >= 0.6 is 0 Å². The Bertz CT molecular complexity index is 461. The lowest BCUT2D eigenvalue weighted by Crippen LogP contribution is -2.62. The molecule has 130 valence electrons. The van der Waals surface area contributed by atoms with Gasteiger partial charge in [-0.05, 0) is 0 Å². The standard InChI is InChI=1S/C14H20O9/c1-19-10-8(17)11(23-14(21-3)12(10)20-2)13(18)22-9-6(15)4-5-7(9)16/h8-12,14,17H,4-5H2,1-3H3. The minimum atomic E-state index is -1.46. The summed E-state index contributed by atoms with van der Waals surface area (Å²) >= 11 is 0. The fraction of sp³-hybridized carbons (Fsp3) is 0.786. The maximum atomic E-state index is 12.2. The highest BCUT2D eigenvalue weighted by molar-refractivity contribution is 6.12. The molecule has 5 atom stereocenters. The number of aliphatic hydroxyl groups excluding tert-OH is 1. The molecule has 1 saturated carbocycles. The van der Waals surface area contributed by atoms with Crippen molar-refractivity contribution in [3.8, 4) is 0 Å². The number of esters is 1. The van der Waals surface area contributed by atoms with Crippen LogP contribution < -0.4 is 0 Å². The molecule has 0 aromatic carbocycles. The van der Waals surface area contributed by atoms with Crippen LogP contribution in [0.1, 0.15) is 12.8 Å². The highest BCUT2D eigenvalue weighted by Crippen LogP contribution is 2.27. The molecule has 1 aliphatic heterocycles. The Morgan fingerprint density at radius 3 is 2.09 bits per heavy atom. The van der Waals surface area contributed by atoms with Crippen molar-refractivity contribution in [3.05, 3.63) is 0 Å². The summed E-state index contributed by atoms with van der Waals surface area (Å²) in [6.07, 6.45) is -6.88. The van der Waals surface area contributed by atoms with E-state index in [9.17, 15) is 19.5 Å². The largest absolute Gasteiger partial charge is 0.444 e. The molecule has 0 spiro atoms. The third kappa shape index (κ3) is 3.43. The number of Topliss-reactive ketones (excluding diaryl/α,β-unsaturated/α-hetero) is 2. The molecule has 1 heterocycles. The SMILES string of the molecule is COC1OC(C(=O)OC2C(=O)CCC2=O)C(O)C(OC)C1OC. The van der Waals surface area contributed by atoms with Gasteiger partial charge in [0.05, 0.1) is 0 Å². The summed E-state index contributed by atoms with van der Waals surface area (Å²) in [5.74, 6) is -1.95. The molecule has 23 heavy (non-hydrogen) atoms. The van der Waals surface area contributed by atoms with E-state index < -0.39 is 54.3 Å². The average molecular weight is 332 g/mol. The van der Waals surface area contributed by atoms with Crippen molar-refractivity contribution < 1.29 is 43.2 Å². The predicted molar refractivity (Wildman–Crippen MR) is 72.4 cm³/mol. The van der Waals surface area contributed by atoms with Gasteiger partial charge in [0.25, 0.3) is 0 Å². The van der Waals surface area contributed by atoms with Crippen LogP contribution in [0.4, 0.5) is 0 Å². The summed E-state index contributed by atoms with van der Waals surface area (Å²) < 4.78 is 25.7. The average Bonchev–Trinajstić information content (AvgIpc) is 2.85. The molecule has 2 aliphatic rings. The molecule has 2 rings (SSSR count). The summed E-state index contributed by atoms with van der Waals surface area (Å²) in [6.45, 7) is 0. The first-order valence-corrected chi connectivity index (χ1v) is 7.12. The van der Waals surface area contributed by atoms with E-state index in [1.54, 1.807) is 0 Å². The molecule has 0 aromatic heterocycles. The number of hydrogen-bond acceptors (Lipinski definition) is 9. The Morgan fingerprint density at radius 1 is 1.04 bits per heavy atom. The molecule has 0 bridgehead atoms. The fourth-order valence-electron chi connectivity index (χ4n) is 2.73. The van der Waals surface area contributed by atoms with E-state index in [2.05, 4.69) is 0 Å². The molecule has 5 unspecified atom stereocenters. The monoisotopic (exact) mass is 332 g/mol. The molecule has 9 heteroatoms. The number of ether oxygens (including phenoxy) is 5. The smallest absolute Gasteiger partial charge is 0.339 e. The zero-order valence-electron chi connectivity index (χ0n) is 13.1. The van der Waals surface area contributed by atoms with Gasteiger partial charge in [-0.2, -0.15) is 0 Å². The Morgan fingerprint density at radius 2 is 1.61 bits per heavy atom. The van der Waals surface area contributed by atoms with Gasteiger partial charge >= 0.3 is 5.97 Å². The summed E-state index contributed by atoms with van der Waals surface area (Å²) in [5.41, 5.74) is 0. The van der Waals surface area contributed by atoms with E-state index >= 15 is 0 Å². The molecule has 1 aliphatic carbocycles. The fourth-order valence-corrected chi connectivity index (χ4v) is 2.73. The highest BCUT2D eigenvalue weighted by Gasteiger charge is 2.51. The first-order valence-electron chi connectivity index (χ1n) is 7.12. The van der Waals surface area contributed by atoms with Crippen LogP contribution in [0.15, 0.2) is 0 Å². The first kappa shape index (κ1) is 18.0. The van der Waals surface area contributed by atoms with Gasteiger partial charge in [0.1, 0.15) is 18.3 Å². The van der Waals surface area contributed by atoms with Crippen molar-refractivity contribution in [1.29, 1.82) is 0 Å². The van der Waals surface area contributed by atoms with Crippen molar-refractivity contribution in [2.75, 3.05) is 21.3 Å². The van der Waals surface area contributed by atoms with Crippen LogP contribution in [-0.2, 0) is 38.1 Å². The van der Waals surface area contributed by atoms with Gasteiger partial charge in [-0.15, -0.1) is 0 Å². The second-order valence-electron chi connectivity index (χ2n) is 5.30. The molecule has 0 aromatic rings. The topological polar surface area (TPSA) is 118 Å². The minimum absolute atomic E-state index is 0.0397. The third-order valence-corrected chi connectivity index (χ3v) is 3.97. The molecule has 9 nitrogen and oxygen atoms in total. The van der Waals surface area contributed by atoms with Crippen molar-refractivity contribution in [2.24, 2.45) is 0 Å². The zero-order valence-corrected chi connectivity index (χ0v) is 13.1. The van der Waals surface area contributed by atoms with E-state index in [-0.39, 0.29) is 12.8 Å². The van der Waals surface area contributed by atoms with Crippen molar-refractivity contribution in [1.82, 2.24) is 0 Å². The van der Waals surface area contributed by atoms with Gasteiger partial charge in [-0.1, -0.05) is 0 Å². The van der Waals surface area contributed by atoms with E-state index in [1.165, 1.54) is 21.3 Å². The lowest BCUT2D eigenvalue weighted by atomic mass is 9.98. The predicted octanol–water partition coefficient (Wildman–Crippen LogP) is -1.41. The quantitative estimate of drug-likeness (QED) is 0.478. The molecule has 0 amide bonds. The summed E-state index contributed by atoms with van der Waals surface area (Å²) in [4.78, 5) is 35.3. The number of aliphatic hydroxyl groups is 1. The minimum Gasteiger partial charge on any atom is -0.444 e. The van der Waals surface area contributed by atoms with E-state index in [4.69, 9.17) is 23.7 Å². The van der Waals surface area contributed by atoms with Gasteiger partial charge in [-0.3, -0.25) is 9.59 Å². The number of rotatable bonds is 5. The van der Waals surface area contributed by atoms with Crippen LogP contribution in [0.2, 0.25) is 0 Å². The van der Waals surface area contributed by atoms with Crippen molar-refractivity contribution in [2.45, 2.75) is 49.7 Å². The molecule has 1 saturated heterocycles. The molecular weight excluding hydrogens is 312 g/mol. The molecule has 1 N–H and O–H groups in total. The van der Waals surface area contributed by atoms with E-state index in [0.29, 0.717) is 0 Å². The molecule has 2 fully saturated rings. The second kappa shape index (κ2) is 7.45. The zero-order chi connectivity index (χ0) is 17.1. The van der Waals surface area contributed by atoms with E-state index in [1.807, 2.05) is 0 Å². The Labute approximate surface area is 132 Å². The highest BCUT2D eigenvalue weighted by atomic mass is 16.7. The van der Waals surface area contributed by atoms with Crippen molar-refractivity contribution >= 4 is 17.5 Å². The third-order valence-electron chi connectivity index (χ3n) is 3.97. The Kier molecular flexibility index (Phi) is 5.82. The van der Waals surface area contributed by atoms with E-state index in [0.717, 1.165) is 0 Å². The van der Waals surface area contributed by atoms with Gasteiger partial charge in [0, 0.05) is 34.2 Å².